The van der Waals surface area contributed by atoms with Crippen molar-refractivity contribution in [1.82, 2.24) is 10.2 Å². The van der Waals surface area contributed by atoms with Gasteiger partial charge in [0.05, 0.1) is 6.61 Å². The van der Waals surface area contributed by atoms with Gasteiger partial charge in [0.25, 0.3) is 5.91 Å². The van der Waals surface area contributed by atoms with Crippen LogP contribution in [0.25, 0.3) is 0 Å². The third kappa shape index (κ3) is 5.10. The number of amides is 1. The molecule has 1 aromatic carbocycles. The number of nitrogens with one attached hydrogen (secondary N) is 1. The van der Waals surface area contributed by atoms with Gasteiger partial charge in [-0.25, -0.2) is 0 Å². The lowest BCUT2D eigenvalue weighted by molar-refractivity contribution is -0.274. The Labute approximate surface area is 137 Å². The molecule has 1 aliphatic heterocycles. The molecule has 132 valence electrons. The standard InChI is InChI=1S/C16H19F3N2O3/c17-16(18,19)24-13-5-1-11(2-6-13)9-21-7-8-23-14(10-21)15(22)20-12-3-4-12/h1-2,5-6,12,14H,3-4,7-10H2,(H,20,22). The molecule has 2 aliphatic rings. The SMILES string of the molecule is O=C(NC1CC1)C1CN(Cc2ccc(OC(F)(F)F)cc2)CCO1. The van der Waals surface area contributed by atoms with Gasteiger partial charge in [0.1, 0.15) is 11.9 Å². The molecule has 5 nitrogen and oxygen atoms in total. The Morgan fingerprint density at radius 3 is 2.62 bits per heavy atom. The second-order valence-electron chi connectivity index (χ2n) is 6.07. The summed E-state index contributed by atoms with van der Waals surface area (Å²) >= 11 is 0. The summed E-state index contributed by atoms with van der Waals surface area (Å²) in [5.41, 5.74) is 0.854. The molecule has 0 bridgehead atoms. The summed E-state index contributed by atoms with van der Waals surface area (Å²) in [6.45, 7) is 2.15. The van der Waals surface area contributed by atoms with Gasteiger partial charge >= 0.3 is 6.36 Å². The van der Waals surface area contributed by atoms with Gasteiger partial charge in [0.2, 0.25) is 0 Å². The molecule has 1 aromatic rings. The van der Waals surface area contributed by atoms with Crippen molar-refractivity contribution in [3.8, 4) is 5.75 Å². The zero-order valence-corrected chi connectivity index (χ0v) is 13.0. The highest BCUT2D eigenvalue weighted by molar-refractivity contribution is 5.81. The first-order valence-electron chi connectivity index (χ1n) is 7.88. The molecule has 3 rings (SSSR count). The van der Waals surface area contributed by atoms with Gasteiger partial charge in [-0.2, -0.15) is 0 Å². The van der Waals surface area contributed by atoms with E-state index in [0.29, 0.717) is 26.2 Å². The van der Waals surface area contributed by atoms with E-state index in [1.54, 1.807) is 12.1 Å². The molecule has 1 aliphatic carbocycles. The average molecular weight is 344 g/mol. The topological polar surface area (TPSA) is 50.8 Å². The maximum atomic E-state index is 12.1. The number of carbonyl (C=O) groups is 1. The van der Waals surface area contributed by atoms with Crippen molar-refractivity contribution in [3.05, 3.63) is 29.8 Å². The number of hydrogen-bond acceptors (Lipinski definition) is 4. The smallest absolute Gasteiger partial charge is 0.406 e. The third-order valence-electron chi connectivity index (χ3n) is 3.93. The van der Waals surface area contributed by atoms with Crippen LogP contribution in [-0.4, -0.2) is 49.0 Å². The van der Waals surface area contributed by atoms with Gasteiger partial charge in [-0.05, 0) is 30.5 Å². The van der Waals surface area contributed by atoms with Crippen LogP contribution in [0, 0.1) is 0 Å². The predicted octanol–water partition coefficient (Wildman–Crippen LogP) is 2.06. The molecule has 1 amide bonds. The van der Waals surface area contributed by atoms with E-state index < -0.39 is 12.5 Å². The van der Waals surface area contributed by atoms with Crippen LogP contribution in [0.2, 0.25) is 0 Å². The minimum absolute atomic E-state index is 0.0869. The largest absolute Gasteiger partial charge is 0.573 e. The van der Waals surface area contributed by atoms with Gasteiger partial charge < -0.3 is 14.8 Å². The maximum Gasteiger partial charge on any atom is 0.573 e. The van der Waals surface area contributed by atoms with E-state index in [0.717, 1.165) is 18.4 Å². The summed E-state index contributed by atoms with van der Waals surface area (Å²) in [7, 11) is 0. The summed E-state index contributed by atoms with van der Waals surface area (Å²) < 4.78 is 45.8. The molecule has 0 radical (unpaired) electrons. The molecule has 1 saturated carbocycles. The van der Waals surface area contributed by atoms with Crippen LogP contribution in [0.4, 0.5) is 13.2 Å². The first-order valence-corrected chi connectivity index (χ1v) is 7.88. The van der Waals surface area contributed by atoms with Crippen molar-refractivity contribution in [1.29, 1.82) is 0 Å². The Hall–Kier alpha value is -1.80. The molecule has 1 saturated heterocycles. The normalized spacial score (nSPS) is 22.2. The number of hydrogen-bond donors (Lipinski definition) is 1. The minimum atomic E-state index is -4.69. The van der Waals surface area contributed by atoms with Crippen molar-refractivity contribution in [3.63, 3.8) is 0 Å². The van der Waals surface area contributed by atoms with Crippen LogP contribution in [0.5, 0.6) is 5.75 Å². The highest BCUT2D eigenvalue weighted by Gasteiger charge is 2.32. The number of rotatable bonds is 5. The van der Waals surface area contributed by atoms with E-state index >= 15 is 0 Å². The van der Waals surface area contributed by atoms with Crippen molar-refractivity contribution in [2.75, 3.05) is 19.7 Å². The van der Waals surface area contributed by atoms with Gasteiger partial charge in [0.15, 0.2) is 0 Å². The van der Waals surface area contributed by atoms with Gasteiger partial charge in [0, 0.05) is 25.7 Å². The number of halogens is 3. The number of carbonyl (C=O) groups excluding carboxylic acids is 1. The van der Waals surface area contributed by atoms with Crippen LogP contribution in [0.1, 0.15) is 18.4 Å². The van der Waals surface area contributed by atoms with E-state index in [1.807, 2.05) is 0 Å². The lowest BCUT2D eigenvalue weighted by Crippen LogP contribution is -2.49. The maximum absolute atomic E-state index is 12.1. The molecule has 1 N–H and O–H groups in total. The van der Waals surface area contributed by atoms with E-state index in [-0.39, 0.29) is 17.7 Å². The number of alkyl halides is 3. The summed E-state index contributed by atoms with van der Waals surface area (Å²) in [6.07, 6.45) is -3.14. The van der Waals surface area contributed by atoms with E-state index in [4.69, 9.17) is 4.74 Å². The first-order chi connectivity index (χ1) is 11.4. The third-order valence-corrected chi connectivity index (χ3v) is 3.93. The molecule has 1 heterocycles. The number of ether oxygens (including phenoxy) is 2. The Morgan fingerprint density at radius 1 is 1.29 bits per heavy atom. The Kier molecular flexibility index (Phi) is 4.96. The van der Waals surface area contributed by atoms with Crippen molar-refractivity contribution in [2.24, 2.45) is 0 Å². The molecular formula is C16H19F3N2O3. The van der Waals surface area contributed by atoms with E-state index in [2.05, 4.69) is 15.0 Å². The summed E-state index contributed by atoms with van der Waals surface area (Å²) in [4.78, 5) is 14.1. The summed E-state index contributed by atoms with van der Waals surface area (Å²) in [5.74, 6) is -0.328. The fourth-order valence-electron chi connectivity index (χ4n) is 2.58. The Morgan fingerprint density at radius 2 is 2.00 bits per heavy atom. The van der Waals surface area contributed by atoms with Crippen molar-refractivity contribution < 1.29 is 27.4 Å². The fraction of sp³-hybridized carbons (Fsp3) is 0.562. The lowest BCUT2D eigenvalue weighted by atomic mass is 10.1. The quantitative estimate of drug-likeness (QED) is 0.888. The number of benzene rings is 1. The zero-order chi connectivity index (χ0) is 17.2. The monoisotopic (exact) mass is 344 g/mol. The number of nitrogens with zero attached hydrogens (tertiary/aromatic N) is 1. The Bertz CT molecular complexity index is 573. The second-order valence-corrected chi connectivity index (χ2v) is 6.07. The molecule has 1 atom stereocenters. The molecule has 0 aromatic heterocycles. The zero-order valence-electron chi connectivity index (χ0n) is 13.0. The Balaban J connectivity index is 1.52. The van der Waals surface area contributed by atoms with Crippen LogP contribution in [-0.2, 0) is 16.1 Å². The van der Waals surface area contributed by atoms with Gasteiger partial charge in [-0.1, -0.05) is 12.1 Å². The number of morpholine rings is 1. The summed E-state index contributed by atoms with van der Waals surface area (Å²) in [5, 5.41) is 2.92. The molecule has 0 spiro atoms. The van der Waals surface area contributed by atoms with Crippen molar-refractivity contribution >= 4 is 5.91 Å². The molecule has 24 heavy (non-hydrogen) atoms. The van der Waals surface area contributed by atoms with Crippen LogP contribution in [0.3, 0.4) is 0 Å². The highest BCUT2D eigenvalue weighted by atomic mass is 19.4. The highest BCUT2D eigenvalue weighted by Crippen LogP contribution is 2.23. The second kappa shape index (κ2) is 6.98. The first kappa shape index (κ1) is 17.0. The minimum Gasteiger partial charge on any atom is -0.406 e. The van der Waals surface area contributed by atoms with E-state index in [1.165, 1.54) is 12.1 Å². The van der Waals surface area contributed by atoms with Gasteiger partial charge in [-0.15, -0.1) is 13.2 Å². The molecular weight excluding hydrogens is 325 g/mol. The molecule has 2 fully saturated rings. The predicted molar refractivity (Wildman–Crippen MR) is 79.3 cm³/mol. The van der Waals surface area contributed by atoms with Crippen LogP contribution < -0.4 is 10.1 Å². The lowest BCUT2D eigenvalue weighted by Gasteiger charge is -2.32. The van der Waals surface area contributed by atoms with Crippen LogP contribution >= 0.6 is 0 Å². The van der Waals surface area contributed by atoms with Crippen molar-refractivity contribution in [2.45, 2.75) is 37.9 Å². The molecule has 8 heteroatoms. The average Bonchev–Trinajstić information content (AvgIpc) is 3.32. The van der Waals surface area contributed by atoms with E-state index in [9.17, 15) is 18.0 Å². The molecule has 1 unspecified atom stereocenters. The fourth-order valence-corrected chi connectivity index (χ4v) is 2.58. The summed E-state index contributed by atoms with van der Waals surface area (Å²) in [6, 6.07) is 6.06. The van der Waals surface area contributed by atoms with Gasteiger partial charge in [-0.3, -0.25) is 9.69 Å². The van der Waals surface area contributed by atoms with Crippen LogP contribution in [0.15, 0.2) is 24.3 Å².